The molecule has 0 spiro atoms. The third kappa shape index (κ3) is 5.53. The molecule has 2 aromatic carbocycles. The summed E-state index contributed by atoms with van der Waals surface area (Å²) in [7, 11) is -0.954. The molecule has 0 saturated heterocycles. The van der Waals surface area contributed by atoms with E-state index in [-0.39, 0.29) is 29.1 Å². The Bertz CT molecular complexity index is 1410. The SMILES string of the molecule is COc1cc(Nc2nc3ccccc3nc2NS(=O)(=O)c2cncs2)c(OCCCO)c(OC)c1. The highest BCUT2D eigenvalue weighted by atomic mass is 32.2. The summed E-state index contributed by atoms with van der Waals surface area (Å²) in [5.41, 5.74) is 2.89. The van der Waals surface area contributed by atoms with Gasteiger partial charge in [0.25, 0.3) is 10.0 Å². The van der Waals surface area contributed by atoms with Gasteiger partial charge in [0.05, 0.1) is 49.3 Å². The van der Waals surface area contributed by atoms with Crippen molar-refractivity contribution in [2.45, 2.75) is 10.6 Å². The second-order valence-corrected chi connectivity index (χ2v) is 9.89. The van der Waals surface area contributed by atoms with Crippen molar-refractivity contribution in [2.24, 2.45) is 0 Å². The maximum atomic E-state index is 12.9. The molecule has 4 aromatic rings. The van der Waals surface area contributed by atoms with Crippen molar-refractivity contribution in [3.63, 3.8) is 0 Å². The van der Waals surface area contributed by atoms with E-state index in [2.05, 4.69) is 25.0 Å². The van der Waals surface area contributed by atoms with Crippen LogP contribution in [0.3, 0.4) is 0 Å². The van der Waals surface area contributed by atoms with E-state index in [1.807, 2.05) is 0 Å². The predicted molar refractivity (Wildman–Crippen MR) is 132 cm³/mol. The monoisotopic (exact) mass is 517 g/mol. The van der Waals surface area contributed by atoms with Crippen molar-refractivity contribution in [1.29, 1.82) is 0 Å². The van der Waals surface area contributed by atoms with Crippen molar-refractivity contribution < 1.29 is 27.7 Å². The number of hydrogen-bond acceptors (Lipinski definition) is 11. The third-order valence-corrected chi connectivity index (χ3v) is 7.37. The number of aliphatic hydroxyl groups is 1. The number of sulfonamides is 1. The number of para-hydroxylation sites is 2. The number of nitrogens with zero attached hydrogens (tertiary/aromatic N) is 3. The van der Waals surface area contributed by atoms with Gasteiger partial charge in [-0.2, -0.15) is 0 Å². The van der Waals surface area contributed by atoms with E-state index < -0.39 is 10.0 Å². The molecule has 0 saturated carbocycles. The molecule has 11 nitrogen and oxygen atoms in total. The van der Waals surface area contributed by atoms with Crippen LogP contribution in [0.25, 0.3) is 11.0 Å². The molecule has 0 bridgehead atoms. The first-order valence-electron chi connectivity index (χ1n) is 10.4. The van der Waals surface area contributed by atoms with E-state index in [9.17, 15) is 8.42 Å². The Balaban J connectivity index is 1.81. The van der Waals surface area contributed by atoms with E-state index in [4.69, 9.17) is 19.3 Å². The van der Waals surface area contributed by atoms with Crippen LogP contribution < -0.4 is 24.2 Å². The minimum Gasteiger partial charge on any atom is -0.497 e. The van der Waals surface area contributed by atoms with Gasteiger partial charge in [-0.05, 0) is 12.1 Å². The van der Waals surface area contributed by atoms with Gasteiger partial charge in [0.1, 0.15) is 5.75 Å². The molecule has 0 radical (unpaired) electrons. The Morgan fingerprint density at radius 1 is 1.06 bits per heavy atom. The number of rotatable bonds is 11. The van der Waals surface area contributed by atoms with Gasteiger partial charge in [0.2, 0.25) is 0 Å². The van der Waals surface area contributed by atoms with Gasteiger partial charge in [-0.25, -0.2) is 18.4 Å². The van der Waals surface area contributed by atoms with Crippen LogP contribution >= 0.6 is 11.3 Å². The van der Waals surface area contributed by atoms with Gasteiger partial charge in [-0.3, -0.25) is 9.71 Å². The number of benzene rings is 2. The van der Waals surface area contributed by atoms with Crippen molar-refractivity contribution >= 4 is 49.7 Å². The summed E-state index contributed by atoms with van der Waals surface area (Å²) in [5.74, 6) is 1.32. The highest BCUT2D eigenvalue weighted by Gasteiger charge is 2.22. The molecule has 0 aliphatic heterocycles. The fraction of sp³-hybridized carbons (Fsp3) is 0.227. The molecule has 0 amide bonds. The maximum absolute atomic E-state index is 12.9. The van der Waals surface area contributed by atoms with E-state index >= 15 is 0 Å². The van der Waals surface area contributed by atoms with Gasteiger partial charge in [0, 0.05) is 25.2 Å². The number of aromatic nitrogens is 3. The topological polar surface area (TPSA) is 145 Å². The number of anilines is 3. The second-order valence-electron chi connectivity index (χ2n) is 7.09. The molecular formula is C22H23N5O6S2. The van der Waals surface area contributed by atoms with Crippen LogP contribution in [0.1, 0.15) is 6.42 Å². The summed E-state index contributed by atoms with van der Waals surface area (Å²) in [6.07, 6.45) is 1.67. The zero-order valence-corrected chi connectivity index (χ0v) is 20.5. The Kier molecular flexibility index (Phi) is 7.48. The van der Waals surface area contributed by atoms with E-state index in [0.29, 0.717) is 40.4 Å². The van der Waals surface area contributed by atoms with Gasteiger partial charge >= 0.3 is 0 Å². The molecule has 2 aromatic heterocycles. The normalized spacial score (nSPS) is 11.3. The number of methoxy groups -OCH3 is 2. The average molecular weight is 518 g/mol. The smallest absolute Gasteiger partial charge is 0.274 e. The molecular weight excluding hydrogens is 494 g/mol. The Labute approximate surface area is 205 Å². The fourth-order valence-electron chi connectivity index (χ4n) is 3.13. The minimum atomic E-state index is -3.95. The summed E-state index contributed by atoms with van der Waals surface area (Å²) in [6, 6.07) is 10.4. The quantitative estimate of drug-likeness (QED) is 0.253. The first-order valence-corrected chi connectivity index (χ1v) is 12.8. The Hall–Kier alpha value is -3.68. The number of nitrogens with one attached hydrogen (secondary N) is 2. The van der Waals surface area contributed by atoms with E-state index in [0.717, 1.165) is 11.3 Å². The number of ether oxygens (including phenoxy) is 3. The van der Waals surface area contributed by atoms with Crippen molar-refractivity contribution in [2.75, 3.05) is 37.5 Å². The lowest BCUT2D eigenvalue weighted by atomic mass is 10.2. The van der Waals surface area contributed by atoms with Gasteiger partial charge in [0.15, 0.2) is 27.3 Å². The molecule has 3 N–H and O–H groups in total. The molecule has 4 rings (SSSR count). The molecule has 0 unspecified atom stereocenters. The summed E-state index contributed by atoms with van der Waals surface area (Å²) in [6.45, 7) is 0.184. The zero-order chi connectivity index (χ0) is 24.8. The van der Waals surface area contributed by atoms with Crippen LogP contribution in [0.4, 0.5) is 17.3 Å². The zero-order valence-electron chi connectivity index (χ0n) is 18.9. The second kappa shape index (κ2) is 10.7. The lowest BCUT2D eigenvalue weighted by Crippen LogP contribution is -2.15. The molecule has 184 valence electrons. The average Bonchev–Trinajstić information content (AvgIpc) is 3.41. The summed E-state index contributed by atoms with van der Waals surface area (Å²) in [4.78, 5) is 12.9. The van der Waals surface area contributed by atoms with Crippen molar-refractivity contribution in [1.82, 2.24) is 15.0 Å². The number of aliphatic hydroxyl groups excluding tert-OH is 1. The van der Waals surface area contributed by atoms with Gasteiger partial charge < -0.3 is 24.6 Å². The number of fused-ring (bicyclic) bond motifs is 1. The van der Waals surface area contributed by atoms with E-state index in [1.165, 1.54) is 25.9 Å². The lowest BCUT2D eigenvalue weighted by Gasteiger charge is -2.19. The maximum Gasteiger partial charge on any atom is 0.274 e. The molecule has 2 heterocycles. The minimum absolute atomic E-state index is 0.0137. The van der Waals surface area contributed by atoms with Gasteiger partial charge in [-0.15, -0.1) is 11.3 Å². The lowest BCUT2D eigenvalue weighted by molar-refractivity contribution is 0.228. The Morgan fingerprint density at radius 2 is 1.80 bits per heavy atom. The molecule has 0 fully saturated rings. The molecule has 0 aliphatic rings. The van der Waals surface area contributed by atoms with Crippen LogP contribution in [-0.4, -0.2) is 55.9 Å². The van der Waals surface area contributed by atoms with Crippen LogP contribution in [-0.2, 0) is 10.0 Å². The summed E-state index contributed by atoms with van der Waals surface area (Å²) >= 11 is 0.982. The predicted octanol–water partition coefficient (Wildman–Crippen LogP) is 3.41. The molecule has 13 heteroatoms. The highest BCUT2D eigenvalue weighted by molar-refractivity contribution is 7.94. The molecule has 0 aliphatic carbocycles. The first kappa shape index (κ1) is 24.4. The Morgan fingerprint density at radius 3 is 2.43 bits per heavy atom. The van der Waals surface area contributed by atoms with Crippen LogP contribution in [0.5, 0.6) is 17.2 Å². The summed E-state index contributed by atoms with van der Waals surface area (Å²) < 4.78 is 45.1. The van der Waals surface area contributed by atoms with Crippen LogP contribution in [0.2, 0.25) is 0 Å². The van der Waals surface area contributed by atoms with Crippen molar-refractivity contribution in [3.05, 3.63) is 48.1 Å². The van der Waals surface area contributed by atoms with Crippen molar-refractivity contribution in [3.8, 4) is 17.2 Å². The first-order chi connectivity index (χ1) is 16.9. The van der Waals surface area contributed by atoms with Crippen LogP contribution in [0, 0.1) is 0 Å². The van der Waals surface area contributed by atoms with Crippen LogP contribution in [0.15, 0.2) is 52.3 Å². The van der Waals surface area contributed by atoms with Gasteiger partial charge in [-0.1, -0.05) is 12.1 Å². The summed E-state index contributed by atoms with van der Waals surface area (Å²) in [5, 5.41) is 12.3. The van der Waals surface area contributed by atoms with E-state index in [1.54, 1.807) is 36.4 Å². The largest absolute Gasteiger partial charge is 0.497 e. The highest BCUT2D eigenvalue weighted by Crippen LogP contribution is 2.42. The number of hydrogen-bond donors (Lipinski definition) is 3. The molecule has 0 atom stereocenters. The molecule has 35 heavy (non-hydrogen) atoms. The fourth-order valence-corrected chi connectivity index (χ4v) is 4.93. The number of thiazole rings is 1. The standard InChI is InChI=1S/C22H23N5O6S2/c1-31-14-10-17(20(18(11-14)32-2)33-9-5-8-28)26-21-22(25-16-7-4-3-6-15(16)24-21)27-35(29,30)19-12-23-13-34-19/h3-4,6-7,10-13,28H,5,8-9H2,1-2H3,(H,24,26)(H,25,27). The third-order valence-electron chi connectivity index (χ3n) is 4.76.